The Morgan fingerprint density at radius 3 is 2.52 bits per heavy atom. The van der Waals surface area contributed by atoms with Crippen LogP contribution in [0.15, 0.2) is 36.4 Å². The van der Waals surface area contributed by atoms with Crippen molar-refractivity contribution in [3.63, 3.8) is 0 Å². The van der Waals surface area contributed by atoms with Crippen LogP contribution >= 0.6 is 0 Å². The van der Waals surface area contributed by atoms with E-state index in [1.54, 1.807) is 14.2 Å². The van der Waals surface area contributed by atoms with Crippen molar-refractivity contribution in [2.45, 2.75) is 39.8 Å². The number of fused-ring (bicyclic) bond motifs is 1. The van der Waals surface area contributed by atoms with Crippen LogP contribution in [0.3, 0.4) is 0 Å². The van der Waals surface area contributed by atoms with Crippen LogP contribution in [-0.2, 0) is 17.8 Å². The van der Waals surface area contributed by atoms with Gasteiger partial charge in [-0.3, -0.25) is 9.69 Å². The fourth-order valence-electron chi connectivity index (χ4n) is 3.92. The number of hydrogen-bond donors (Lipinski definition) is 1. The average molecular weight is 397 g/mol. The van der Waals surface area contributed by atoms with E-state index < -0.39 is 0 Å². The lowest BCUT2D eigenvalue weighted by Crippen LogP contribution is -2.42. The molecule has 0 bridgehead atoms. The van der Waals surface area contributed by atoms with Gasteiger partial charge in [0.25, 0.3) is 0 Å². The van der Waals surface area contributed by atoms with Gasteiger partial charge in [-0.25, -0.2) is 0 Å². The molecule has 1 aliphatic heterocycles. The van der Waals surface area contributed by atoms with Crippen LogP contribution in [0.2, 0.25) is 0 Å². The lowest BCUT2D eigenvalue weighted by molar-refractivity contribution is -0.124. The van der Waals surface area contributed by atoms with Crippen LogP contribution < -0.4 is 14.8 Å². The van der Waals surface area contributed by atoms with E-state index in [2.05, 4.69) is 53.5 Å². The first-order valence-corrected chi connectivity index (χ1v) is 10.3. The van der Waals surface area contributed by atoms with E-state index >= 15 is 0 Å². The quantitative estimate of drug-likeness (QED) is 0.772. The standard InChI is InChI=1S/C24H32N2O3/c1-16(2)24(27)25-14-21-20-13-23(29-5)22(28-4)12-18(20)10-11-26(21)15-19-9-7-6-8-17(19)3/h6-9,12-13,16,21H,10-11,14-15H2,1-5H3,(H,25,27). The van der Waals surface area contributed by atoms with Crippen LogP contribution in [0, 0.1) is 12.8 Å². The first kappa shape index (κ1) is 21.2. The number of ether oxygens (including phenoxy) is 2. The number of rotatable bonds is 7. The summed E-state index contributed by atoms with van der Waals surface area (Å²) >= 11 is 0. The second-order valence-corrected chi connectivity index (χ2v) is 7.97. The molecule has 1 atom stereocenters. The topological polar surface area (TPSA) is 50.8 Å². The molecule has 1 unspecified atom stereocenters. The molecule has 2 aromatic carbocycles. The third-order valence-corrected chi connectivity index (χ3v) is 5.74. The minimum Gasteiger partial charge on any atom is -0.493 e. The van der Waals surface area contributed by atoms with E-state index in [4.69, 9.17) is 9.47 Å². The number of amides is 1. The van der Waals surface area contributed by atoms with Crippen molar-refractivity contribution in [1.82, 2.24) is 10.2 Å². The predicted octanol–water partition coefficient (Wildman–Crippen LogP) is 3.88. The zero-order chi connectivity index (χ0) is 21.0. The maximum atomic E-state index is 12.3. The molecule has 0 fully saturated rings. The average Bonchev–Trinajstić information content (AvgIpc) is 2.72. The van der Waals surface area contributed by atoms with Crippen molar-refractivity contribution in [2.24, 2.45) is 5.92 Å². The zero-order valence-corrected chi connectivity index (χ0v) is 18.1. The number of carbonyl (C=O) groups is 1. The number of benzene rings is 2. The lowest BCUT2D eigenvalue weighted by Gasteiger charge is -2.38. The summed E-state index contributed by atoms with van der Waals surface area (Å²) in [6, 6.07) is 12.7. The summed E-state index contributed by atoms with van der Waals surface area (Å²) in [6.45, 7) is 8.34. The molecule has 29 heavy (non-hydrogen) atoms. The number of hydrogen-bond acceptors (Lipinski definition) is 4. The number of nitrogens with one attached hydrogen (secondary N) is 1. The summed E-state index contributed by atoms with van der Waals surface area (Å²) in [6.07, 6.45) is 0.941. The molecule has 1 amide bonds. The fourth-order valence-corrected chi connectivity index (χ4v) is 3.92. The third kappa shape index (κ3) is 4.73. The Kier molecular flexibility index (Phi) is 6.80. The normalized spacial score (nSPS) is 16.4. The Labute approximate surface area is 174 Å². The van der Waals surface area contributed by atoms with E-state index in [0.29, 0.717) is 6.54 Å². The second-order valence-electron chi connectivity index (χ2n) is 7.97. The first-order valence-electron chi connectivity index (χ1n) is 10.3. The van der Waals surface area contributed by atoms with E-state index in [1.807, 2.05) is 13.8 Å². The SMILES string of the molecule is COc1cc2c(cc1OC)C(CNC(=O)C(C)C)N(Cc1ccccc1C)CC2. The maximum Gasteiger partial charge on any atom is 0.222 e. The highest BCUT2D eigenvalue weighted by Crippen LogP contribution is 2.38. The fraction of sp³-hybridized carbons (Fsp3) is 0.458. The number of aryl methyl sites for hydroxylation is 1. The summed E-state index contributed by atoms with van der Waals surface area (Å²) in [5, 5.41) is 3.14. The van der Waals surface area contributed by atoms with E-state index in [0.717, 1.165) is 31.0 Å². The molecule has 1 heterocycles. The summed E-state index contributed by atoms with van der Waals surface area (Å²) in [5.41, 5.74) is 5.06. The minimum atomic E-state index is -0.0340. The molecular weight excluding hydrogens is 364 g/mol. The van der Waals surface area contributed by atoms with Gasteiger partial charge in [0.1, 0.15) is 0 Å². The summed E-state index contributed by atoms with van der Waals surface area (Å²) < 4.78 is 11.1. The number of nitrogens with zero attached hydrogens (tertiary/aromatic N) is 1. The van der Waals surface area contributed by atoms with Gasteiger partial charge in [0.05, 0.1) is 20.3 Å². The Hall–Kier alpha value is -2.53. The van der Waals surface area contributed by atoms with Gasteiger partial charge in [-0.1, -0.05) is 38.1 Å². The van der Waals surface area contributed by atoms with Crippen molar-refractivity contribution in [3.8, 4) is 11.5 Å². The van der Waals surface area contributed by atoms with E-state index in [1.165, 1.54) is 22.3 Å². The van der Waals surface area contributed by atoms with Crippen LogP contribution in [-0.4, -0.2) is 38.1 Å². The Bertz CT molecular complexity index is 863. The zero-order valence-electron chi connectivity index (χ0n) is 18.1. The van der Waals surface area contributed by atoms with Gasteiger partial charge in [-0.15, -0.1) is 0 Å². The van der Waals surface area contributed by atoms with Crippen molar-refractivity contribution in [1.29, 1.82) is 0 Å². The van der Waals surface area contributed by atoms with Crippen LogP contribution in [0.25, 0.3) is 0 Å². The van der Waals surface area contributed by atoms with E-state index in [9.17, 15) is 4.79 Å². The van der Waals surface area contributed by atoms with Crippen molar-refractivity contribution >= 4 is 5.91 Å². The predicted molar refractivity (Wildman–Crippen MR) is 115 cm³/mol. The van der Waals surface area contributed by atoms with Gasteiger partial charge < -0.3 is 14.8 Å². The molecule has 156 valence electrons. The van der Waals surface area contributed by atoms with Crippen molar-refractivity contribution in [2.75, 3.05) is 27.3 Å². The smallest absolute Gasteiger partial charge is 0.222 e. The third-order valence-electron chi connectivity index (χ3n) is 5.74. The molecule has 0 saturated carbocycles. The van der Waals surface area contributed by atoms with Gasteiger partial charge in [0.15, 0.2) is 11.5 Å². The molecule has 1 aliphatic rings. The highest BCUT2D eigenvalue weighted by atomic mass is 16.5. The summed E-state index contributed by atoms with van der Waals surface area (Å²) in [5.74, 6) is 1.52. The molecule has 3 rings (SSSR count). The largest absolute Gasteiger partial charge is 0.493 e. The van der Waals surface area contributed by atoms with Gasteiger partial charge in [-0.05, 0) is 47.7 Å². The Morgan fingerprint density at radius 2 is 1.86 bits per heavy atom. The maximum absolute atomic E-state index is 12.3. The minimum absolute atomic E-state index is 0.0340. The lowest BCUT2D eigenvalue weighted by atomic mass is 9.91. The summed E-state index contributed by atoms with van der Waals surface area (Å²) in [7, 11) is 3.33. The monoisotopic (exact) mass is 396 g/mol. The van der Waals surface area contributed by atoms with Crippen molar-refractivity contribution < 1.29 is 14.3 Å². The van der Waals surface area contributed by atoms with Gasteiger partial charge >= 0.3 is 0 Å². The van der Waals surface area contributed by atoms with Gasteiger partial charge in [0, 0.05) is 25.6 Å². The van der Waals surface area contributed by atoms with Gasteiger partial charge in [0.2, 0.25) is 5.91 Å². The molecule has 0 radical (unpaired) electrons. The molecule has 0 saturated heterocycles. The van der Waals surface area contributed by atoms with Crippen LogP contribution in [0.5, 0.6) is 11.5 Å². The second kappa shape index (κ2) is 9.31. The molecular formula is C24H32N2O3. The molecule has 1 N–H and O–H groups in total. The molecule has 5 heteroatoms. The Balaban J connectivity index is 1.94. The molecule has 2 aromatic rings. The summed E-state index contributed by atoms with van der Waals surface area (Å²) in [4.78, 5) is 14.7. The molecule has 0 spiro atoms. The highest BCUT2D eigenvalue weighted by molar-refractivity contribution is 5.77. The Morgan fingerprint density at radius 1 is 1.17 bits per heavy atom. The van der Waals surface area contributed by atoms with E-state index in [-0.39, 0.29) is 17.9 Å². The van der Waals surface area contributed by atoms with Crippen LogP contribution in [0.4, 0.5) is 0 Å². The number of methoxy groups -OCH3 is 2. The first-order chi connectivity index (χ1) is 13.9. The van der Waals surface area contributed by atoms with Gasteiger partial charge in [-0.2, -0.15) is 0 Å². The molecule has 5 nitrogen and oxygen atoms in total. The number of carbonyl (C=O) groups excluding carboxylic acids is 1. The molecule has 0 aromatic heterocycles. The van der Waals surface area contributed by atoms with Crippen LogP contribution in [0.1, 0.15) is 42.1 Å². The molecule has 0 aliphatic carbocycles. The highest BCUT2D eigenvalue weighted by Gasteiger charge is 2.30. The van der Waals surface area contributed by atoms with Crippen molar-refractivity contribution in [3.05, 3.63) is 58.7 Å².